The van der Waals surface area contributed by atoms with E-state index >= 15 is 0 Å². The van der Waals surface area contributed by atoms with E-state index in [4.69, 9.17) is 11.5 Å². The average Bonchev–Trinajstić information content (AvgIpc) is 2.74. The van der Waals surface area contributed by atoms with Crippen molar-refractivity contribution in [3.8, 4) is 22.3 Å². The van der Waals surface area contributed by atoms with Crippen molar-refractivity contribution >= 4 is 17.2 Å². The minimum Gasteiger partial charge on any atom is -0.399 e. The number of anilines is 2. The van der Waals surface area contributed by atoms with Gasteiger partial charge in [-0.05, 0) is 58.7 Å². The molecular formula is C25H20N2O. The second-order valence-electron chi connectivity index (χ2n) is 6.67. The summed E-state index contributed by atoms with van der Waals surface area (Å²) in [5, 5.41) is 0. The van der Waals surface area contributed by atoms with Gasteiger partial charge in [0.05, 0.1) is 0 Å². The maximum absolute atomic E-state index is 13.6. The van der Waals surface area contributed by atoms with Crippen molar-refractivity contribution in [2.45, 2.75) is 0 Å². The van der Waals surface area contributed by atoms with Crippen molar-refractivity contribution in [2.75, 3.05) is 11.5 Å². The quantitative estimate of drug-likeness (QED) is 0.375. The zero-order valence-corrected chi connectivity index (χ0v) is 15.3. The molecule has 4 aromatic rings. The first kappa shape index (κ1) is 17.6. The summed E-state index contributed by atoms with van der Waals surface area (Å²) in [4.78, 5) is 13.6. The molecule has 4 rings (SSSR count). The van der Waals surface area contributed by atoms with Crippen molar-refractivity contribution in [2.24, 2.45) is 0 Å². The molecule has 0 saturated heterocycles. The molecule has 3 nitrogen and oxygen atoms in total. The van der Waals surface area contributed by atoms with Crippen LogP contribution >= 0.6 is 0 Å². The van der Waals surface area contributed by atoms with Crippen molar-refractivity contribution < 1.29 is 4.79 Å². The van der Waals surface area contributed by atoms with E-state index in [1.165, 1.54) is 0 Å². The molecule has 0 aliphatic heterocycles. The van der Waals surface area contributed by atoms with Gasteiger partial charge in [-0.3, -0.25) is 4.79 Å². The summed E-state index contributed by atoms with van der Waals surface area (Å²) in [6.45, 7) is 0. The van der Waals surface area contributed by atoms with Crippen molar-refractivity contribution in [3.63, 3.8) is 0 Å². The molecule has 0 aliphatic rings. The number of rotatable bonds is 4. The Morgan fingerprint density at radius 1 is 0.536 bits per heavy atom. The molecule has 0 fully saturated rings. The standard InChI is InChI=1S/C25H20N2O/c26-19-11-13-21(23(15-19)17-7-3-1-4-8-17)25(28)22-14-12-20(27)16-24(22)18-9-5-2-6-10-18/h1-16H,26-27H2. The highest BCUT2D eigenvalue weighted by molar-refractivity contribution is 6.16. The van der Waals surface area contributed by atoms with Crippen LogP contribution in [0.25, 0.3) is 22.3 Å². The molecule has 0 aromatic heterocycles. The SMILES string of the molecule is Nc1ccc(C(=O)c2ccc(N)cc2-c2ccccc2)c(-c2ccccc2)c1. The van der Waals surface area contributed by atoms with Crippen LogP contribution in [0.3, 0.4) is 0 Å². The lowest BCUT2D eigenvalue weighted by atomic mass is 9.89. The van der Waals surface area contributed by atoms with Crippen LogP contribution in [0, 0.1) is 0 Å². The summed E-state index contributed by atoms with van der Waals surface area (Å²) < 4.78 is 0. The van der Waals surface area contributed by atoms with Crippen molar-refractivity contribution in [1.29, 1.82) is 0 Å². The molecule has 0 spiro atoms. The summed E-state index contributed by atoms with van der Waals surface area (Å²) in [6, 6.07) is 30.4. The zero-order valence-electron chi connectivity index (χ0n) is 15.3. The fourth-order valence-corrected chi connectivity index (χ4v) is 3.38. The molecule has 0 amide bonds. The smallest absolute Gasteiger partial charge is 0.194 e. The van der Waals surface area contributed by atoms with Gasteiger partial charge in [-0.25, -0.2) is 0 Å². The molecule has 0 unspecified atom stereocenters. The predicted molar refractivity (Wildman–Crippen MR) is 116 cm³/mol. The number of benzene rings is 4. The molecule has 0 bridgehead atoms. The lowest BCUT2D eigenvalue weighted by Gasteiger charge is -2.14. The second kappa shape index (κ2) is 7.41. The van der Waals surface area contributed by atoms with E-state index in [-0.39, 0.29) is 5.78 Å². The van der Waals surface area contributed by atoms with Gasteiger partial charge in [0.25, 0.3) is 0 Å². The third-order valence-corrected chi connectivity index (χ3v) is 4.75. The molecule has 0 atom stereocenters. The first-order chi connectivity index (χ1) is 13.6. The number of carbonyl (C=O) groups is 1. The van der Waals surface area contributed by atoms with E-state index in [9.17, 15) is 4.79 Å². The van der Waals surface area contributed by atoms with Crippen LogP contribution in [-0.2, 0) is 0 Å². The van der Waals surface area contributed by atoms with Crippen LogP contribution in [-0.4, -0.2) is 5.78 Å². The second-order valence-corrected chi connectivity index (χ2v) is 6.67. The molecule has 28 heavy (non-hydrogen) atoms. The van der Waals surface area contributed by atoms with Crippen LogP contribution < -0.4 is 11.5 Å². The third-order valence-electron chi connectivity index (χ3n) is 4.75. The summed E-state index contributed by atoms with van der Waals surface area (Å²) >= 11 is 0. The Morgan fingerprint density at radius 3 is 1.32 bits per heavy atom. The van der Waals surface area contributed by atoms with Crippen LogP contribution in [0.5, 0.6) is 0 Å². The highest BCUT2D eigenvalue weighted by Crippen LogP contribution is 2.32. The van der Waals surface area contributed by atoms with E-state index in [1.807, 2.05) is 72.8 Å². The minimum absolute atomic E-state index is 0.0577. The van der Waals surface area contributed by atoms with E-state index in [0.717, 1.165) is 22.3 Å². The number of carbonyl (C=O) groups excluding carboxylic acids is 1. The lowest BCUT2D eigenvalue weighted by molar-refractivity contribution is 0.104. The first-order valence-corrected chi connectivity index (χ1v) is 9.08. The topological polar surface area (TPSA) is 69.1 Å². The van der Waals surface area contributed by atoms with E-state index in [1.54, 1.807) is 24.3 Å². The van der Waals surface area contributed by atoms with Gasteiger partial charge >= 0.3 is 0 Å². The number of nitrogens with two attached hydrogens (primary N) is 2. The minimum atomic E-state index is -0.0577. The number of nitrogen functional groups attached to an aromatic ring is 2. The molecule has 4 aromatic carbocycles. The molecular weight excluding hydrogens is 344 g/mol. The molecule has 3 heteroatoms. The number of ketones is 1. The van der Waals surface area contributed by atoms with Gasteiger partial charge in [-0.2, -0.15) is 0 Å². The van der Waals surface area contributed by atoms with Crippen LogP contribution in [0.4, 0.5) is 11.4 Å². The highest BCUT2D eigenvalue weighted by Gasteiger charge is 2.19. The van der Waals surface area contributed by atoms with E-state index in [0.29, 0.717) is 22.5 Å². The van der Waals surface area contributed by atoms with Gasteiger partial charge in [0, 0.05) is 22.5 Å². The summed E-state index contributed by atoms with van der Waals surface area (Å²) in [5.41, 5.74) is 18.1. The van der Waals surface area contributed by atoms with Crippen molar-refractivity contribution in [1.82, 2.24) is 0 Å². The fourth-order valence-electron chi connectivity index (χ4n) is 3.38. The summed E-state index contributed by atoms with van der Waals surface area (Å²) in [6.07, 6.45) is 0. The Bertz CT molecular complexity index is 1040. The Balaban J connectivity index is 1.89. The average molecular weight is 364 g/mol. The van der Waals surface area contributed by atoms with E-state index < -0.39 is 0 Å². The van der Waals surface area contributed by atoms with Gasteiger partial charge in [0.1, 0.15) is 0 Å². The lowest BCUT2D eigenvalue weighted by Crippen LogP contribution is -2.07. The Kier molecular flexibility index (Phi) is 4.65. The Hall–Kier alpha value is -3.85. The predicted octanol–water partition coefficient (Wildman–Crippen LogP) is 5.42. The maximum Gasteiger partial charge on any atom is 0.194 e. The Morgan fingerprint density at radius 2 is 0.929 bits per heavy atom. The third kappa shape index (κ3) is 3.38. The largest absolute Gasteiger partial charge is 0.399 e. The monoisotopic (exact) mass is 364 g/mol. The molecule has 0 heterocycles. The fraction of sp³-hybridized carbons (Fsp3) is 0. The van der Waals surface area contributed by atoms with Gasteiger partial charge in [-0.15, -0.1) is 0 Å². The highest BCUT2D eigenvalue weighted by atomic mass is 16.1. The number of hydrogen-bond acceptors (Lipinski definition) is 3. The first-order valence-electron chi connectivity index (χ1n) is 9.08. The normalized spacial score (nSPS) is 10.6. The number of hydrogen-bond donors (Lipinski definition) is 2. The zero-order chi connectivity index (χ0) is 19.5. The van der Waals surface area contributed by atoms with Crippen LogP contribution in [0.2, 0.25) is 0 Å². The van der Waals surface area contributed by atoms with Gasteiger partial charge in [0.15, 0.2) is 5.78 Å². The summed E-state index contributed by atoms with van der Waals surface area (Å²) in [5.74, 6) is -0.0577. The molecule has 0 aliphatic carbocycles. The van der Waals surface area contributed by atoms with Crippen molar-refractivity contribution in [3.05, 3.63) is 108 Å². The summed E-state index contributed by atoms with van der Waals surface area (Å²) in [7, 11) is 0. The van der Waals surface area contributed by atoms with Crippen LogP contribution in [0.15, 0.2) is 97.1 Å². The molecule has 0 saturated carbocycles. The van der Waals surface area contributed by atoms with Gasteiger partial charge < -0.3 is 11.5 Å². The molecule has 0 radical (unpaired) electrons. The van der Waals surface area contributed by atoms with E-state index in [2.05, 4.69) is 0 Å². The maximum atomic E-state index is 13.6. The van der Waals surface area contributed by atoms with Gasteiger partial charge in [0.2, 0.25) is 0 Å². The molecule has 4 N–H and O–H groups in total. The van der Waals surface area contributed by atoms with Gasteiger partial charge in [-0.1, -0.05) is 60.7 Å². The van der Waals surface area contributed by atoms with Crippen LogP contribution in [0.1, 0.15) is 15.9 Å². The Labute approximate surface area is 164 Å². The molecule has 136 valence electrons.